The number of anilines is 1. The lowest BCUT2D eigenvalue weighted by molar-refractivity contribution is 0.346. The fourth-order valence-electron chi connectivity index (χ4n) is 1.27. The van der Waals surface area contributed by atoms with Gasteiger partial charge in [0.05, 0.1) is 0 Å². The number of hydrogen-bond acceptors (Lipinski definition) is 2. The lowest BCUT2D eigenvalue weighted by Crippen LogP contribution is -2.17. The van der Waals surface area contributed by atoms with Crippen molar-refractivity contribution in [3.05, 3.63) is 29.3 Å². The maximum atomic E-state index is 5.87. The molecule has 0 radical (unpaired) electrons. The van der Waals surface area contributed by atoms with Crippen LogP contribution < -0.4 is 5.73 Å². The summed E-state index contributed by atoms with van der Waals surface area (Å²) in [6.07, 6.45) is 0. The Kier molecular flexibility index (Phi) is 3.32. The van der Waals surface area contributed by atoms with E-state index in [1.165, 1.54) is 11.1 Å². The summed E-state index contributed by atoms with van der Waals surface area (Å²) in [6.45, 7) is 6.22. The topological polar surface area (TPSA) is 29.3 Å². The molecule has 13 heavy (non-hydrogen) atoms. The van der Waals surface area contributed by atoms with Crippen LogP contribution in [0.1, 0.15) is 18.1 Å². The molecular formula is C11H18N2. The van der Waals surface area contributed by atoms with Crippen LogP contribution in [-0.2, 0) is 6.54 Å². The summed E-state index contributed by atoms with van der Waals surface area (Å²) in [7, 11) is 2.10. The van der Waals surface area contributed by atoms with Crippen molar-refractivity contribution in [1.82, 2.24) is 4.90 Å². The fourth-order valence-corrected chi connectivity index (χ4v) is 1.27. The predicted octanol–water partition coefficient (Wildman–Crippen LogP) is 2.03. The highest BCUT2D eigenvalue weighted by molar-refractivity contribution is 5.48. The largest absolute Gasteiger partial charge is 0.398 e. The van der Waals surface area contributed by atoms with Gasteiger partial charge in [-0.15, -0.1) is 0 Å². The van der Waals surface area contributed by atoms with E-state index < -0.39 is 0 Å². The van der Waals surface area contributed by atoms with E-state index in [4.69, 9.17) is 5.73 Å². The average molecular weight is 178 g/mol. The predicted molar refractivity (Wildman–Crippen MR) is 57.6 cm³/mol. The minimum atomic E-state index is 0.894. The first-order valence-electron chi connectivity index (χ1n) is 4.67. The van der Waals surface area contributed by atoms with Crippen LogP contribution in [-0.4, -0.2) is 18.5 Å². The zero-order valence-electron chi connectivity index (χ0n) is 8.67. The zero-order valence-corrected chi connectivity index (χ0v) is 8.67. The summed E-state index contributed by atoms with van der Waals surface area (Å²) < 4.78 is 0. The number of nitrogens with zero attached hydrogens (tertiary/aromatic N) is 1. The number of aryl methyl sites for hydroxylation is 1. The highest BCUT2D eigenvalue weighted by Gasteiger charge is 2.01. The molecule has 0 saturated carbocycles. The maximum Gasteiger partial charge on any atom is 0.0359 e. The van der Waals surface area contributed by atoms with E-state index in [2.05, 4.69) is 31.9 Å². The third-order valence-corrected chi connectivity index (χ3v) is 2.28. The molecule has 1 aromatic carbocycles. The Bertz CT molecular complexity index is 281. The molecule has 0 spiro atoms. The van der Waals surface area contributed by atoms with Crippen molar-refractivity contribution in [1.29, 1.82) is 0 Å². The van der Waals surface area contributed by atoms with Crippen LogP contribution in [0.4, 0.5) is 5.69 Å². The summed E-state index contributed by atoms with van der Waals surface area (Å²) in [6, 6.07) is 6.18. The molecule has 0 saturated heterocycles. The molecule has 0 aliphatic carbocycles. The van der Waals surface area contributed by atoms with Gasteiger partial charge in [0.25, 0.3) is 0 Å². The minimum Gasteiger partial charge on any atom is -0.398 e. The second kappa shape index (κ2) is 4.28. The summed E-state index contributed by atoms with van der Waals surface area (Å²) in [5.74, 6) is 0. The lowest BCUT2D eigenvalue weighted by atomic mass is 10.1. The van der Waals surface area contributed by atoms with Crippen molar-refractivity contribution in [2.75, 3.05) is 19.3 Å². The van der Waals surface area contributed by atoms with Crippen molar-refractivity contribution in [2.45, 2.75) is 20.4 Å². The molecule has 0 amide bonds. The van der Waals surface area contributed by atoms with Crippen molar-refractivity contribution in [3.63, 3.8) is 0 Å². The molecule has 0 aliphatic heterocycles. The molecule has 0 unspecified atom stereocenters. The van der Waals surface area contributed by atoms with E-state index in [-0.39, 0.29) is 0 Å². The maximum absolute atomic E-state index is 5.87. The molecule has 0 heterocycles. The normalized spacial score (nSPS) is 10.8. The fraction of sp³-hybridized carbons (Fsp3) is 0.455. The van der Waals surface area contributed by atoms with Gasteiger partial charge in [0, 0.05) is 12.2 Å². The molecule has 2 heteroatoms. The Morgan fingerprint density at radius 2 is 2.08 bits per heavy atom. The van der Waals surface area contributed by atoms with E-state index in [1.54, 1.807) is 0 Å². The Hall–Kier alpha value is -1.02. The van der Waals surface area contributed by atoms with Gasteiger partial charge in [0.2, 0.25) is 0 Å². The summed E-state index contributed by atoms with van der Waals surface area (Å²) in [5.41, 5.74) is 9.26. The lowest BCUT2D eigenvalue weighted by Gasteiger charge is -2.15. The quantitative estimate of drug-likeness (QED) is 0.718. The average Bonchev–Trinajstić information content (AvgIpc) is 2.11. The monoisotopic (exact) mass is 178 g/mol. The first-order valence-corrected chi connectivity index (χ1v) is 4.67. The van der Waals surface area contributed by atoms with Crippen LogP contribution >= 0.6 is 0 Å². The van der Waals surface area contributed by atoms with Crippen molar-refractivity contribution in [2.24, 2.45) is 0 Å². The molecule has 0 aliphatic rings. The molecule has 0 aromatic heterocycles. The van der Waals surface area contributed by atoms with Crippen molar-refractivity contribution < 1.29 is 0 Å². The number of hydrogen-bond donors (Lipinski definition) is 1. The molecule has 0 atom stereocenters. The SMILES string of the molecule is CCN(C)Cc1cc(C)ccc1N. The van der Waals surface area contributed by atoms with Gasteiger partial charge in [-0.1, -0.05) is 24.6 Å². The molecule has 2 N–H and O–H groups in total. The van der Waals surface area contributed by atoms with Gasteiger partial charge in [0.15, 0.2) is 0 Å². The highest BCUT2D eigenvalue weighted by Crippen LogP contribution is 2.15. The van der Waals surface area contributed by atoms with Crippen molar-refractivity contribution >= 4 is 5.69 Å². The van der Waals surface area contributed by atoms with Gasteiger partial charge in [0.1, 0.15) is 0 Å². The molecular weight excluding hydrogens is 160 g/mol. The molecule has 2 nitrogen and oxygen atoms in total. The Labute approximate surface area is 80.4 Å². The van der Waals surface area contributed by atoms with Gasteiger partial charge in [-0.05, 0) is 32.1 Å². The Morgan fingerprint density at radius 3 is 2.69 bits per heavy atom. The van der Waals surface area contributed by atoms with E-state index in [1.807, 2.05) is 12.1 Å². The second-order valence-electron chi connectivity index (χ2n) is 3.53. The van der Waals surface area contributed by atoms with Crippen LogP contribution in [0.2, 0.25) is 0 Å². The van der Waals surface area contributed by atoms with Gasteiger partial charge in [-0.3, -0.25) is 0 Å². The van der Waals surface area contributed by atoms with E-state index in [0.29, 0.717) is 0 Å². The molecule has 0 fully saturated rings. The van der Waals surface area contributed by atoms with Gasteiger partial charge >= 0.3 is 0 Å². The molecule has 1 rings (SSSR count). The van der Waals surface area contributed by atoms with Gasteiger partial charge in [-0.25, -0.2) is 0 Å². The number of benzene rings is 1. The van der Waals surface area contributed by atoms with Gasteiger partial charge < -0.3 is 10.6 Å². The van der Waals surface area contributed by atoms with Crippen LogP contribution in [0.15, 0.2) is 18.2 Å². The smallest absolute Gasteiger partial charge is 0.0359 e. The molecule has 1 aromatic rings. The standard InChI is InChI=1S/C11H18N2/c1-4-13(3)8-10-7-9(2)5-6-11(10)12/h5-7H,4,8,12H2,1-3H3. The Morgan fingerprint density at radius 1 is 1.38 bits per heavy atom. The number of rotatable bonds is 3. The summed E-state index contributed by atoms with van der Waals surface area (Å²) in [4.78, 5) is 2.24. The number of nitrogens with two attached hydrogens (primary N) is 1. The highest BCUT2D eigenvalue weighted by atomic mass is 15.1. The third-order valence-electron chi connectivity index (χ3n) is 2.28. The van der Waals surface area contributed by atoms with Crippen LogP contribution in [0.25, 0.3) is 0 Å². The molecule has 72 valence electrons. The second-order valence-corrected chi connectivity index (χ2v) is 3.53. The molecule has 0 bridgehead atoms. The van der Waals surface area contributed by atoms with Crippen LogP contribution in [0.5, 0.6) is 0 Å². The van der Waals surface area contributed by atoms with E-state index >= 15 is 0 Å². The van der Waals surface area contributed by atoms with Crippen LogP contribution in [0.3, 0.4) is 0 Å². The zero-order chi connectivity index (χ0) is 9.84. The first-order chi connectivity index (χ1) is 6.13. The Balaban J connectivity index is 2.81. The summed E-state index contributed by atoms with van der Waals surface area (Å²) in [5, 5.41) is 0. The first kappa shape index (κ1) is 10.1. The van der Waals surface area contributed by atoms with E-state index in [0.717, 1.165) is 18.8 Å². The van der Waals surface area contributed by atoms with Crippen LogP contribution in [0, 0.1) is 6.92 Å². The third kappa shape index (κ3) is 2.74. The number of nitrogen functional groups attached to an aromatic ring is 1. The van der Waals surface area contributed by atoms with Gasteiger partial charge in [-0.2, -0.15) is 0 Å². The minimum absolute atomic E-state index is 0.894. The van der Waals surface area contributed by atoms with E-state index in [9.17, 15) is 0 Å². The summed E-state index contributed by atoms with van der Waals surface area (Å²) >= 11 is 0. The van der Waals surface area contributed by atoms with Crippen molar-refractivity contribution in [3.8, 4) is 0 Å².